The molecule has 0 aliphatic rings. The number of hydrogen-bond donors (Lipinski definition) is 4. The average Bonchev–Trinajstić information content (AvgIpc) is 3.19. The minimum absolute atomic E-state index is 0.379. The number of unbranched alkanes of at least 4 members (excludes halogenated alkanes) is 32. The van der Waals surface area contributed by atoms with Gasteiger partial charge in [-0.25, -0.2) is 0 Å². The number of aliphatic hydroxyl groups is 3. The molecule has 0 aromatic rings. The molecule has 3 atom stereocenters. The van der Waals surface area contributed by atoms with Crippen LogP contribution in [0.1, 0.15) is 251 Å². The highest BCUT2D eigenvalue weighted by molar-refractivity contribution is 5.80. The molecule has 0 aromatic heterocycles. The molecule has 0 aliphatic carbocycles. The summed E-state index contributed by atoms with van der Waals surface area (Å²) in [4.78, 5) is 12.5. The molecule has 0 radical (unpaired) electrons. The Morgan fingerprint density at radius 2 is 0.745 bits per heavy atom. The Hall–Kier alpha value is -1.43. The molecule has 0 rings (SSSR count). The first-order valence-corrected chi connectivity index (χ1v) is 24.3. The highest BCUT2D eigenvalue weighted by Gasteiger charge is 2.22. The summed E-state index contributed by atoms with van der Waals surface area (Å²) in [5.74, 6) is -0.514. The molecule has 0 spiro atoms. The molecule has 324 valence electrons. The highest BCUT2D eigenvalue weighted by Crippen LogP contribution is 2.16. The SMILES string of the molecule is CCCCCCCCC/C=C/CC/C=C/CC/C=C/C(O)C(CO)NC(=O)C(O)CCCCCCCCCCCCCCCCCCCCCCCCCC. The topological polar surface area (TPSA) is 89.8 Å². The number of allylic oxidation sites excluding steroid dienone is 5. The largest absolute Gasteiger partial charge is 0.394 e. The van der Waals surface area contributed by atoms with Crippen molar-refractivity contribution in [2.24, 2.45) is 0 Å². The van der Waals surface area contributed by atoms with E-state index in [0.717, 1.165) is 44.9 Å². The van der Waals surface area contributed by atoms with E-state index in [0.29, 0.717) is 6.42 Å². The second kappa shape index (κ2) is 45.3. The lowest BCUT2D eigenvalue weighted by molar-refractivity contribution is -0.131. The summed E-state index contributed by atoms with van der Waals surface area (Å²) in [5.41, 5.74) is 0. The van der Waals surface area contributed by atoms with Gasteiger partial charge in [-0.3, -0.25) is 4.79 Å². The lowest BCUT2D eigenvalue weighted by Crippen LogP contribution is -2.48. The molecule has 4 N–H and O–H groups in total. The highest BCUT2D eigenvalue weighted by atomic mass is 16.3. The fourth-order valence-electron chi connectivity index (χ4n) is 7.39. The zero-order valence-corrected chi connectivity index (χ0v) is 36.8. The van der Waals surface area contributed by atoms with Crippen LogP contribution < -0.4 is 5.32 Å². The average molecular weight is 774 g/mol. The summed E-state index contributed by atoms with van der Waals surface area (Å²) < 4.78 is 0. The number of carbonyl (C=O) groups is 1. The lowest BCUT2D eigenvalue weighted by atomic mass is 10.0. The molecular formula is C50H95NO4. The van der Waals surface area contributed by atoms with Gasteiger partial charge < -0.3 is 20.6 Å². The molecule has 0 heterocycles. The van der Waals surface area contributed by atoms with Gasteiger partial charge in [0, 0.05) is 0 Å². The van der Waals surface area contributed by atoms with Gasteiger partial charge in [0.05, 0.1) is 18.8 Å². The Morgan fingerprint density at radius 1 is 0.436 bits per heavy atom. The Morgan fingerprint density at radius 3 is 1.11 bits per heavy atom. The molecule has 3 unspecified atom stereocenters. The number of hydrogen-bond acceptors (Lipinski definition) is 4. The smallest absolute Gasteiger partial charge is 0.249 e. The quantitative estimate of drug-likeness (QED) is 0.0367. The molecule has 0 aliphatic heterocycles. The van der Waals surface area contributed by atoms with Gasteiger partial charge in [-0.2, -0.15) is 0 Å². The summed E-state index contributed by atoms with van der Waals surface area (Å²) in [6.45, 7) is 4.18. The number of aliphatic hydroxyl groups excluding tert-OH is 3. The van der Waals surface area contributed by atoms with Crippen LogP contribution in [0.4, 0.5) is 0 Å². The van der Waals surface area contributed by atoms with E-state index in [1.54, 1.807) is 6.08 Å². The van der Waals surface area contributed by atoms with Crippen LogP contribution in [0.25, 0.3) is 0 Å². The van der Waals surface area contributed by atoms with Crippen LogP contribution in [0.2, 0.25) is 0 Å². The fraction of sp³-hybridized carbons (Fsp3) is 0.860. The van der Waals surface area contributed by atoms with E-state index in [9.17, 15) is 20.1 Å². The Labute approximate surface area is 343 Å². The zero-order chi connectivity index (χ0) is 40.1. The van der Waals surface area contributed by atoms with Crippen molar-refractivity contribution in [3.63, 3.8) is 0 Å². The van der Waals surface area contributed by atoms with Crippen LogP contribution in [0, 0.1) is 0 Å². The van der Waals surface area contributed by atoms with Gasteiger partial charge >= 0.3 is 0 Å². The van der Waals surface area contributed by atoms with Crippen molar-refractivity contribution in [3.05, 3.63) is 36.5 Å². The Kier molecular flexibility index (Phi) is 44.1. The summed E-state index contributed by atoms with van der Waals surface area (Å²) >= 11 is 0. The van der Waals surface area contributed by atoms with Crippen molar-refractivity contribution < 1.29 is 20.1 Å². The molecule has 5 nitrogen and oxygen atoms in total. The molecule has 1 amide bonds. The van der Waals surface area contributed by atoms with Crippen molar-refractivity contribution >= 4 is 5.91 Å². The van der Waals surface area contributed by atoms with Gasteiger partial charge in [0.25, 0.3) is 0 Å². The van der Waals surface area contributed by atoms with Crippen molar-refractivity contribution in [1.29, 1.82) is 0 Å². The van der Waals surface area contributed by atoms with Gasteiger partial charge in [-0.15, -0.1) is 0 Å². The first-order valence-electron chi connectivity index (χ1n) is 24.3. The number of rotatable bonds is 44. The molecule has 0 fully saturated rings. The first kappa shape index (κ1) is 53.6. The fourth-order valence-corrected chi connectivity index (χ4v) is 7.39. The van der Waals surface area contributed by atoms with E-state index >= 15 is 0 Å². The van der Waals surface area contributed by atoms with Gasteiger partial charge in [-0.1, -0.05) is 243 Å². The summed E-state index contributed by atoms with van der Waals surface area (Å²) in [6.07, 6.45) is 57.7. The molecule has 0 bridgehead atoms. The lowest BCUT2D eigenvalue weighted by Gasteiger charge is -2.21. The summed E-state index contributed by atoms with van der Waals surface area (Å²) in [6, 6.07) is -0.819. The van der Waals surface area contributed by atoms with Crippen LogP contribution in [0.15, 0.2) is 36.5 Å². The van der Waals surface area contributed by atoms with E-state index < -0.39 is 24.2 Å². The minimum Gasteiger partial charge on any atom is -0.394 e. The zero-order valence-electron chi connectivity index (χ0n) is 36.8. The number of amides is 1. The standard InChI is InChI=1S/C50H95NO4/c1-3-5-7-9-11-13-15-17-19-21-22-23-24-25-26-27-29-31-33-35-37-39-41-43-45-49(54)50(55)51-47(46-52)48(53)44-42-40-38-36-34-32-30-28-20-18-16-14-12-10-8-6-4-2/h20,28,34,36,42,44,47-49,52-54H,3-19,21-27,29-33,35,37-41,43,45-46H2,1-2H3,(H,51,55)/b28-20+,36-34+,44-42+. The summed E-state index contributed by atoms with van der Waals surface area (Å²) in [5, 5.41) is 33.2. The predicted octanol–water partition coefficient (Wildman–Crippen LogP) is 14.3. The normalized spacial score (nSPS) is 13.8. The molecule has 5 heteroatoms. The van der Waals surface area contributed by atoms with Crippen LogP contribution >= 0.6 is 0 Å². The van der Waals surface area contributed by atoms with E-state index in [4.69, 9.17) is 0 Å². The van der Waals surface area contributed by atoms with Crippen LogP contribution in [-0.2, 0) is 4.79 Å². The molecule has 55 heavy (non-hydrogen) atoms. The monoisotopic (exact) mass is 774 g/mol. The second-order valence-electron chi connectivity index (χ2n) is 16.7. The summed E-state index contributed by atoms with van der Waals surface area (Å²) in [7, 11) is 0. The van der Waals surface area contributed by atoms with E-state index in [2.05, 4.69) is 43.5 Å². The van der Waals surface area contributed by atoms with E-state index in [-0.39, 0.29) is 6.61 Å². The molecular weight excluding hydrogens is 679 g/mol. The second-order valence-corrected chi connectivity index (χ2v) is 16.7. The van der Waals surface area contributed by atoms with Crippen LogP contribution in [0.5, 0.6) is 0 Å². The van der Waals surface area contributed by atoms with Gasteiger partial charge in [-0.05, 0) is 44.9 Å². The predicted molar refractivity (Wildman–Crippen MR) is 241 cm³/mol. The van der Waals surface area contributed by atoms with Crippen molar-refractivity contribution in [2.75, 3.05) is 6.61 Å². The van der Waals surface area contributed by atoms with Crippen LogP contribution in [0.3, 0.4) is 0 Å². The van der Waals surface area contributed by atoms with Crippen molar-refractivity contribution in [1.82, 2.24) is 5.32 Å². The van der Waals surface area contributed by atoms with Crippen molar-refractivity contribution in [2.45, 2.75) is 270 Å². The molecule has 0 aromatic carbocycles. The first-order chi connectivity index (χ1) is 27.1. The Bertz CT molecular complexity index is 855. The van der Waals surface area contributed by atoms with Gasteiger partial charge in [0.15, 0.2) is 0 Å². The minimum atomic E-state index is -1.11. The van der Waals surface area contributed by atoms with E-state index in [1.807, 2.05) is 6.08 Å². The van der Waals surface area contributed by atoms with E-state index in [1.165, 1.54) is 186 Å². The van der Waals surface area contributed by atoms with Gasteiger partial charge in [0.2, 0.25) is 5.91 Å². The third-order valence-corrected chi connectivity index (χ3v) is 11.2. The number of carbonyl (C=O) groups excluding carboxylic acids is 1. The molecule has 0 saturated carbocycles. The third kappa shape index (κ3) is 40.6. The maximum Gasteiger partial charge on any atom is 0.249 e. The Balaban J connectivity index is 3.64. The maximum absolute atomic E-state index is 12.5. The maximum atomic E-state index is 12.5. The van der Waals surface area contributed by atoms with Gasteiger partial charge in [0.1, 0.15) is 6.10 Å². The van der Waals surface area contributed by atoms with Crippen molar-refractivity contribution in [3.8, 4) is 0 Å². The van der Waals surface area contributed by atoms with Crippen LogP contribution in [-0.4, -0.2) is 46.1 Å². The molecule has 0 saturated heterocycles. The third-order valence-electron chi connectivity index (χ3n) is 11.2. The number of nitrogens with one attached hydrogen (secondary N) is 1.